The summed E-state index contributed by atoms with van der Waals surface area (Å²) in [6, 6.07) is 0. The highest BCUT2D eigenvalue weighted by atomic mass is 19.4. The second-order valence-electron chi connectivity index (χ2n) is 2.93. The molecule has 0 fully saturated rings. The highest BCUT2D eigenvalue weighted by molar-refractivity contribution is 4.90. The fourth-order valence-electron chi connectivity index (χ4n) is 0.923. The predicted octanol–water partition coefficient (Wildman–Crippen LogP) is 0.857. The second kappa shape index (κ2) is 4.41. The SMILES string of the molecule is Cn1cc(CNCCC(F)(F)F)nn1. The molecule has 0 aromatic carbocycles. The highest BCUT2D eigenvalue weighted by Crippen LogP contribution is 2.18. The molecule has 14 heavy (non-hydrogen) atoms. The fraction of sp³-hybridized carbons (Fsp3) is 0.714. The molecule has 0 amide bonds. The number of nitrogens with one attached hydrogen (secondary N) is 1. The van der Waals surface area contributed by atoms with E-state index in [9.17, 15) is 13.2 Å². The summed E-state index contributed by atoms with van der Waals surface area (Å²) in [6.45, 7) is 0.212. The Labute approximate surface area is 79.1 Å². The zero-order valence-corrected chi connectivity index (χ0v) is 7.67. The highest BCUT2D eigenvalue weighted by Gasteiger charge is 2.25. The van der Waals surface area contributed by atoms with E-state index in [1.54, 1.807) is 13.2 Å². The first-order valence-corrected chi connectivity index (χ1v) is 4.10. The van der Waals surface area contributed by atoms with Gasteiger partial charge in [0.2, 0.25) is 0 Å². The molecule has 0 spiro atoms. The maximum atomic E-state index is 11.7. The van der Waals surface area contributed by atoms with Gasteiger partial charge in [-0.15, -0.1) is 5.10 Å². The lowest BCUT2D eigenvalue weighted by Gasteiger charge is -2.05. The van der Waals surface area contributed by atoms with Crippen LogP contribution in [0.25, 0.3) is 0 Å². The molecule has 1 N–H and O–H groups in total. The molecule has 1 heterocycles. The molecule has 1 rings (SSSR count). The fourth-order valence-corrected chi connectivity index (χ4v) is 0.923. The maximum absolute atomic E-state index is 11.7. The average molecular weight is 208 g/mol. The van der Waals surface area contributed by atoms with Gasteiger partial charge in [-0.3, -0.25) is 4.68 Å². The molecular formula is C7H11F3N4. The molecule has 7 heteroatoms. The van der Waals surface area contributed by atoms with Gasteiger partial charge in [-0.2, -0.15) is 13.2 Å². The molecule has 0 atom stereocenters. The van der Waals surface area contributed by atoms with Crippen LogP contribution in [0.1, 0.15) is 12.1 Å². The van der Waals surface area contributed by atoms with Crippen LogP contribution in [0.3, 0.4) is 0 Å². The lowest BCUT2D eigenvalue weighted by molar-refractivity contribution is -0.133. The predicted molar refractivity (Wildman–Crippen MR) is 43.4 cm³/mol. The van der Waals surface area contributed by atoms with Crippen LogP contribution in [-0.2, 0) is 13.6 Å². The average Bonchev–Trinajstić information content (AvgIpc) is 2.44. The number of alkyl halides is 3. The Morgan fingerprint density at radius 2 is 2.21 bits per heavy atom. The van der Waals surface area contributed by atoms with Crippen LogP contribution in [0.5, 0.6) is 0 Å². The van der Waals surface area contributed by atoms with Crippen molar-refractivity contribution in [2.45, 2.75) is 19.1 Å². The number of nitrogens with zero attached hydrogens (tertiary/aromatic N) is 3. The minimum absolute atomic E-state index is 0.0971. The Bertz CT molecular complexity index is 281. The Hall–Kier alpha value is -1.11. The third-order valence-corrected chi connectivity index (χ3v) is 1.54. The van der Waals surface area contributed by atoms with E-state index in [0.29, 0.717) is 12.2 Å². The van der Waals surface area contributed by atoms with E-state index >= 15 is 0 Å². The summed E-state index contributed by atoms with van der Waals surface area (Å²) in [4.78, 5) is 0. The first-order valence-electron chi connectivity index (χ1n) is 4.10. The molecule has 0 unspecified atom stereocenters. The zero-order chi connectivity index (χ0) is 10.6. The normalized spacial score (nSPS) is 12.0. The van der Waals surface area contributed by atoms with Gasteiger partial charge in [0.15, 0.2) is 0 Å². The molecule has 4 nitrogen and oxygen atoms in total. The third-order valence-electron chi connectivity index (χ3n) is 1.54. The van der Waals surface area contributed by atoms with Crippen molar-refractivity contribution in [1.29, 1.82) is 0 Å². The van der Waals surface area contributed by atoms with Gasteiger partial charge in [-0.1, -0.05) is 5.21 Å². The molecule has 80 valence electrons. The number of hydrogen-bond donors (Lipinski definition) is 1. The van der Waals surface area contributed by atoms with E-state index < -0.39 is 12.6 Å². The molecule has 0 aliphatic carbocycles. The van der Waals surface area contributed by atoms with E-state index in [1.165, 1.54) is 4.68 Å². The minimum Gasteiger partial charge on any atom is -0.311 e. The Kier molecular flexibility index (Phi) is 3.45. The van der Waals surface area contributed by atoms with Crippen LogP contribution in [0.2, 0.25) is 0 Å². The van der Waals surface area contributed by atoms with Gasteiger partial charge in [-0.25, -0.2) is 0 Å². The van der Waals surface area contributed by atoms with Crippen LogP contribution in [0, 0.1) is 0 Å². The van der Waals surface area contributed by atoms with Crippen LogP contribution in [-0.4, -0.2) is 27.7 Å². The number of aryl methyl sites for hydroxylation is 1. The summed E-state index contributed by atoms with van der Waals surface area (Å²) in [6.07, 6.45) is -3.27. The molecule has 0 bridgehead atoms. The van der Waals surface area contributed by atoms with Crippen molar-refractivity contribution in [3.8, 4) is 0 Å². The first-order chi connectivity index (χ1) is 6.47. The Morgan fingerprint density at radius 1 is 1.50 bits per heavy atom. The first kappa shape index (κ1) is 11.0. The lowest BCUT2D eigenvalue weighted by Crippen LogP contribution is -2.21. The smallest absolute Gasteiger partial charge is 0.311 e. The van der Waals surface area contributed by atoms with Crippen molar-refractivity contribution < 1.29 is 13.2 Å². The second-order valence-corrected chi connectivity index (χ2v) is 2.93. The Balaban J connectivity index is 2.16. The van der Waals surface area contributed by atoms with Gasteiger partial charge < -0.3 is 5.32 Å². The van der Waals surface area contributed by atoms with Gasteiger partial charge in [0.1, 0.15) is 0 Å². The molecular weight excluding hydrogens is 197 g/mol. The van der Waals surface area contributed by atoms with Crippen LogP contribution < -0.4 is 5.32 Å². The maximum Gasteiger partial charge on any atom is 0.390 e. The third kappa shape index (κ3) is 4.22. The summed E-state index contributed by atoms with van der Waals surface area (Å²) in [5.74, 6) is 0. The topological polar surface area (TPSA) is 42.7 Å². The van der Waals surface area contributed by atoms with Crippen LogP contribution in [0.15, 0.2) is 6.20 Å². The van der Waals surface area contributed by atoms with E-state index in [1.807, 2.05) is 0 Å². The van der Waals surface area contributed by atoms with Crippen molar-refractivity contribution in [3.05, 3.63) is 11.9 Å². The largest absolute Gasteiger partial charge is 0.390 e. The van der Waals surface area contributed by atoms with E-state index in [2.05, 4.69) is 15.6 Å². The lowest BCUT2D eigenvalue weighted by atomic mass is 10.4. The molecule has 0 aliphatic heterocycles. The number of rotatable bonds is 4. The van der Waals surface area contributed by atoms with Crippen molar-refractivity contribution in [2.75, 3.05) is 6.54 Å². The quantitative estimate of drug-likeness (QED) is 0.746. The van der Waals surface area contributed by atoms with Gasteiger partial charge in [0, 0.05) is 26.3 Å². The number of halogens is 3. The van der Waals surface area contributed by atoms with Gasteiger partial charge in [0.05, 0.1) is 12.1 Å². The van der Waals surface area contributed by atoms with Crippen LogP contribution in [0.4, 0.5) is 13.2 Å². The van der Waals surface area contributed by atoms with E-state index in [0.717, 1.165) is 0 Å². The molecule has 0 saturated heterocycles. The van der Waals surface area contributed by atoms with Crippen molar-refractivity contribution >= 4 is 0 Å². The van der Waals surface area contributed by atoms with Crippen molar-refractivity contribution in [3.63, 3.8) is 0 Å². The van der Waals surface area contributed by atoms with Crippen LogP contribution >= 0.6 is 0 Å². The molecule has 1 aromatic rings. The van der Waals surface area contributed by atoms with Gasteiger partial charge in [0.25, 0.3) is 0 Å². The van der Waals surface area contributed by atoms with E-state index in [4.69, 9.17) is 0 Å². The number of hydrogen-bond acceptors (Lipinski definition) is 3. The monoisotopic (exact) mass is 208 g/mol. The van der Waals surface area contributed by atoms with E-state index in [-0.39, 0.29) is 6.54 Å². The Morgan fingerprint density at radius 3 is 2.71 bits per heavy atom. The van der Waals surface area contributed by atoms with Crippen molar-refractivity contribution in [2.24, 2.45) is 7.05 Å². The summed E-state index contributed by atoms with van der Waals surface area (Å²) < 4.78 is 36.6. The summed E-state index contributed by atoms with van der Waals surface area (Å²) in [5, 5.41) is 10.0. The summed E-state index contributed by atoms with van der Waals surface area (Å²) >= 11 is 0. The standard InChI is InChI=1S/C7H11F3N4/c1-14-5-6(12-13-14)4-11-3-2-7(8,9)10/h5,11H,2-4H2,1H3. The zero-order valence-electron chi connectivity index (χ0n) is 7.67. The number of aromatic nitrogens is 3. The molecule has 0 radical (unpaired) electrons. The van der Waals surface area contributed by atoms with Gasteiger partial charge >= 0.3 is 6.18 Å². The molecule has 1 aromatic heterocycles. The minimum atomic E-state index is -4.10. The molecule has 0 aliphatic rings. The molecule has 0 saturated carbocycles. The van der Waals surface area contributed by atoms with Crippen molar-refractivity contribution in [1.82, 2.24) is 20.3 Å². The van der Waals surface area contributed by atoms with Gasteiger partial charge in [-0.05, 0) is 0 Å². The summed E-state index contributed by atoms with van der Waals surface area (Å²) in [7, 11) is 1.70. The summed E-state index contributed by atoms with van der Waals surface area (Å²) in [5.41, 5.74) is 0.634.